The molecule has 0 aliphatic carbocycles. The summed E-state index contributed by atoms with van der Waals surface area (Å²) in [6, 6.07) is 114. The molecule has 0 bridgehead atoms. The van der Waals surface area contributed by atoms with E-state index in [0.29, 0.717) is 0 Å². The molecule has 0 atom stereocenters. The second-order valence-electron chi connectivity index (χ2n) is 19.8. The molecule has 5 nitrogen and oxygen atoms in total. The lowest BCUT2D eigenvalue weighted by Crippen LogP contribution is -2.61. The lowest BCUT2D eigenvalue weighted by atomic mass is 9.33. The predicted molar refractivity (Wildman–Crippen MR) is 330 cm³/mol. The standard InChI is InChI=1S/C72H52BN5/c1-8-24-55(25-9-1)74(56-26-10-2-11-27-56)62-44-40-53(41-45-62)54-42-46-63(47-43-54)78-69-50-64(75(57-28-12-3-13-29-57)58-30-14-4-15-31-58)48-49-67(69)73-66-38-22-23-39-68(66)77(61-36-20-7-21-37-61)70-51-65(52-71(78)72(70)73)76(59-32-16-5-17-33-59)60-34-18-6-19-35-60/h1-52H. The average Bonchev–Trinajstić information content (AvgIpc) is 3.62. The highest BCUT2D eigenvalue weighted by molar-refractivity contribution is 7.00. The summed E-state index contributed by atoms with van der Waals surface area (Å²) < 4.78 is 0. The minimum Gasteiger partial charge on any atom is -0.311 e. The Hall–Kier alpha value is -10.3. The number of nitrogens with zero attached hydrogens (tertiary/aromatic N) is 5. The van der Waals surface area contributed by atoms with Crippen LogP contribution in [0.3, 0.4) is 0 Å². The van der Waals surface area contributed by atoms with Gasteiger partial charge in [-0.3, -0.25) is 0 Å². The SMILES string of the molecule is c1ccc(N(c2ccccc2)c2ccc(-c3ccc(N4c5cc(N(c6ccccc6)c6ccccc6)ccc5B5c6ccccc6N(c6ccccc6)c6cc(N(c7ccccc7)c7ccccc7)cc4c65)cc3)cc2)cc1. The van der Waals surface area contributed by atoms with E-state index >= 15 is 0 Å². The van der Waals surface area contributed by atoms with Crippen LogP contribution in [0.4, 0.5) is 85.3 Å². The molecule has 0 saturated heterocycles. The fourth-order valence-corrected chi connectivity index (χ4v) is 11.7. The molecule has 2 heterocycles. The van der Waals surface area contributed by atoms with Gasteiger partial charge in [0.2, 0.25) is 0 Å². The van der Waals surface area contributed by atoms with Crippen LogP contribution in [-0.2, 0) is 0 Å². The van der Waals surface area contributed by atoms with Crippen LogP contribution in [0.5, 0.6) is 0 Å². The summed E-state index contributed by atoms with van der Waals surface area (Å²) in [5.41, 5.74) is 22.5. The van der Waals surface area contributed by atoms with Gasteiger partial charge in [-0.15, -0.1) is 0 Å². The highest BCUT2D eigenvalue weighted by Gasteiger charge is 2.44. The number of anilines is 15. The fourth-order valence-electron chi connectivity index (χ4n) is 11.7. The van der Waals surface area contributed by atoms with Crippen LogP contribution in [0.1, 0.15) is 0 Å². The maximum absolute atomic E-state index is 2.53. The molecule has 0 radical (unpaired) electrons. The molecule has 0 saturated carbocycles. The largest absolute Gasteiger partial charge is 0.311 e. The summed E-state index contributed by atoms with van der Waals surface area (Å²) in [6.45, 7) is -0.0755. The van der Waals surface area contributed by atoms with E-state index < -0.39 is 0 Å². The van der Waals surface area contributed by atoms with Gasteiger partial charge in [-0.1, -0.05) is 176 Å². The van der Waals surface area contributed by atoms with Gasteiger partial charge < -0.3 is 24.5 Å². The molecule has 0 amide bonds. The summed E-state index contributed by atoms with van der Waals surface area (Å²) in [5.74, 6) is 0. The van der Waals surface area contributed by atoms with Crippen LogP contribution in [0.2, 0.25) is 0 Å². The van der Waals surface area contributed by atoms with Gasteiger partial charge in [-0.05, 0) is 167 Å². The Kier molecular flexibility index (Phi) is 11.9. The zero-order chi connectivity index (χ0) is 51.8. The van der Waals surface area contributed by atoms with Crippen molar-refractivity contribution in [1.29, 1.82) is 0 Å². The van der Waals surface area contributed by atoms with E-state index in [-0.39, 0.29) is 6.71 Å². The van der Waals surface area contributed by atoms with Crippen molar-refractivity contribution in [2.75, 3.05) is 24.5 Å². The molecular weight excluding hydrogens is 946 g/mol. The van der Waals surface area contributed by atoms with Gasteiger partial charge in [0.1, 0.15) is 0 Å². The van der Waals surface area contributed by atoms with Crippen molar-refractivity contribution < 1.29 is 0 Å². The second-order valence-corrected chi connectivity index (χ2v) is 19.8. The van der Waals surface area contributed by atoms with Gasteiger partial charge in [-0.25, -0.2) is 0 Å². The lowest BCUT2D eigenvalue weighted by molar-refractivity contribution is 1.22. The number of hydrogen-bond donors (Lipinski definition) is 0. The Morgan fingerprint density at radius 3 is 0.987 bits per heavy atom. The van der Waals surface area contributed by atoms with E-state index in [1.165, 1.54) is 22.1 Å². The third-order valence-corrected chi connectivity index (χ3v) is 15.1. The van der Waals surface area contributed by atoms with Crippen LogP contribution in [-0.4, -0.2) is 6.71 Å². The summed E-state index contributed by atoms with van der Waals surface area (Å²) in [7, 11) is 0. The van der Waals surface area contributed by atoms with Crippen molar-refractivity contribution in [2.24, 2.45) is 0 Å². The molecular formula is C72H52BN5. The van der Waals surface area contributed by atoms with Crippen LogP contribution in [0, 0.1) is 0 Å². The number of benzene rings is 12. The van der Waals surface area contributed by atoms with Gasteiger partial charge >= 0.3 is 0 Å². The number of rotatable bonds is 12. The molecule has 368 valence electrons. The van der Waals surface area contributed by atoms with Crippen molar-refractivity contribution in [3.8, 4) is 11.1 Å². The normalized spacial score (nSPS) is 12.0. The monoisotopic (exact) mass is 997 g/mol. The topological polar surface area (TPSA) is 16.2 Å². The van der Waals surface area contributed by atoms with Gasteiger partial charge in [0, 0.05) is 79.6 Å². The van der Waals surface area contributed by atoms with E-state index in [9.17, 15) is 0 Å². The van der Waals surface area contributed by atoms with Crippen LogP contribution >= 0.6 is 0 Å². The van der Waals surface area contributed by atoms with Crippen LogP contribution < -0.4 is 40.9 Å². The molecule has 12 aromatic carbocycles. The predicted octanol–water partition coefficient (Wildman–Crippen LogP) is 17.8. The Morgan fingerprint density at radius 2 is 0.526 bits per heavy atom. The lowest BCUT2D eigenvalue weighted by Gasteiger charge is -2.45. The van der Waals surface area contributed by atoms with E-state index in [1.54, 1.807) is 0 Å². The van der Waals surface area contributed by atoms with Crippen molar-refractivity contribution >= 4 is 108 Å². The zero-order valence-electron chi connectivity index (χ0n) is 42.8. The Balaban J connectivity index is 0.989. The highest BCUT2D eigenvalue weighted by Crippen LogP contribution is 2.49. The van der Waals surface area contributed by atoms with Gasteiger partial charge in [0.25, 0.3) is 6.71 Å². The average molecular weight is 998 g/mol. The third-order valence-electron chi connectivity index (χ3n) is 15.1. The maximum atomic E-state index is 2.53. The highest BCUT2D eigenvalue weighted by atomic mass is 15.2. The molecule has 6 heteroatoms. The Morgan fingerprint density at radius 1 is 0.218 bits per heavy atom. The van der Waals surface area contributed by atoms with Crippen molar-refractivity contribution in [2.45, 2.75) is 0 Å². The first kappa shape index (κ1) is 46.3. The fraction of sp³-hybridized carbons (Fsp3) is 0. The quantitative estimate of drug-likeness (QED) is 0.113. The number of fused-ring (bicyclic) bond motifs is 4. The molecule has 78 heavy (non-hydrogen) atoms. The molecule has 2 aliphatic heterocycles. The minimum absolute atomic E-state index is 0.0755. The molecule has 14 rings (SSSR count). The molecule has 12 aromatic rings. The molecule has 2 aliphatic rings. The van der Waals surface area contributed by atoms with E-state index in [2.05, 4.69) is 340 Å². The molecule has 0 aromatic heterocycles. The third kappa shape index (κ3) is 8.33. The molecule has 0 spiro atoms. The van der Waals surface area contributed by atoms with Crippen LogP contribution in [0.25, 0.3) is 11.1 Å². The first-order valence-corrected chi connectivity index (χ1v) is 26.7. The number of hydrogen-bond acceptors (Lipinski definition) is 5. The van der Waals surface area contributed by atoms with Gasteiger partial charge in [-0.2, -0.15) is 0 Å². The molecule has 0 unspecified atom stereocenters. The van der Waals surface area contributed by atoms with Gasteiger partial charge in [0.15, 0.2) is 0 Å². The smallest absolute Gasteiger partial charge is 0.252 e. The Bertz CT molecular complexity index is 3900. The zero-order valence-corrected chi connectivity index (χ0v) is 42.8. The summed E-state index contributed by atoms with van der Waals surface area (Å²) in [5, 5.41) is 0. The van der Waals surface area contributed by atoms with Crippen LogP contribution in [0.15, 0.2) is 315 Å². The van der Waals surface area contributed by atoms with Crippen molar-refractivity contribution in [1.82, 2.24) is 0 Å². The van der Waals surface area contributed by atoms with E-state index in [4.69, 9.17) is 0 Å². The van der Waals surface area contributed by atoms with E-state index in [1.807, 2.05) is 0 Å². The van der Waals surface area contributed by atoms with Crippen molar-refractivity contribution in [3.05, 3.63) is 315 Å². The first-order valence-electron chi connectivity index (χ1n) is 26.7. The number of para-hydroxylation sites is 8. The van der Waals surface area contributed by atoms with E-state index in [0.717, 1.165) is 90.8 Å². The van der Waals surface area contributed by atoms with Crippen molar-refractivity contribution in [3.63, 3.8) is 0 Å². The molecule has 0 N–H and O–H groups in total. The molecule has 0 fully saturated rings. The van der Waals surface area contributed by atoms with Gasteiger partial charge in [0.05, 0.1) is 5.69 Å². The summed E-state index contributed by atoms with van der Waals surface area (Å²) in [4.78, 5) is 12.1. The first-order chi connectivity index (χ1) is 38.7. The minimum atomic E-state index is -0.0755. The Labute approximate surface area is 457 Å². The second kappa shape index (κ2) is 20.1. The summed E-state index contributed by atoms with van der Waals surface area (Å²) >= 11 is 0. The summed E-state index contributed by atoms with van der Waals surface area (Å²) in [6.07, 6.45) is 0. The maximum Gasteiger partial charge on any atom is 0.252 e.